The van der Waals surface area contributed by atoms with E-state index in [1.54, 1.807) is 11.3 Å². The Morgan fingerprint density at radius 2 is 2.06 bits per heavy atom. The summed E-state index contributed by atoms with van der Waals surface area (Å²) >= 11 is 3.05. The summed E-state index contributed by atoms with van der Waals surface area (Å²) in [5, 5.41) is 16.4. The van der Waals surface area contributed by atoms with Crippen LogP contribution in [0.3, 0.4) is 0 Å². The Bertz CT molecular complexity index is 451. The van der Waals surface area contributed by atoms with Gasteiger partial charge >= 0.3 is 0 Å². The summed E-state index contributed by atoms with van der Waals surface area (Å²) < 4.78 is 0. The van der Waals surface area contributed by atoms with Crippen LogP contribution in [-0.4, -0.2) is 17.6 Å². The molecular formula is C12H13NO2S2. The minimum absolute atomic E-state index is 0.0527. The van der Waals surface area contributed by atoms with Crippen molar-refractivity contribution in [2.75, 3.05) is 6.54 Å². The summed E-state index contributed by atoms with van der Waals surface area (Å²) in [6, 6.07) is 7.60. The zero-order valence-corrected chi connectivity index (χ0v) is 10.8. The number of carbonyl (C=O) groups is 1. The van der Waals surface area contributed by atoms with E-state index in [0.29, 0.717) is 6.42 Å². The summed E-state index contributed by atoms with van der Waals surface area (Å²) in [4.78, 5) is 13.5. The van der Waals surface area contributed by atoms with E-state index in [2.05, 4.69) is 5.32 Å². The van der Waals surface area contributed by atoms with Crippen LogP contribution in [0.25, 0.3) is 0 Å². The second kappa shape index (κ2) is 5.95. The average molecular weight is 267 g/mol. The molecule has 1 amide bonds. The Morgan fingerprint density at radius 1 is 1.29 bits per heavy atom. The van der Waals surface area contributed by atoms with E-state index in [1.165, 1.54) is 11.3 Å². The van der Waals surface area contributed by atoms with Crippen LogP contribution < -0.4 is 5.32 Å². The second-order valence-corrected chi connectivity index (χ2v) is 5.60. The van der Waals surface area contributed by atoms with Gasteiger partial charge in [0, 0.05) is 16.3 Å². The maximum absolute atomic E-state index is 11.6. The number of thiophene rings is 2. The highest BCUT2D eigenvalue weighted by Crippen LogP contribution is 2.17. The van der Waals surface area contributed by atoms with Crippen LogP contribution in [0.5, 0.6) is 0 Å². The van der Waals surface area contributed by atoms with Crippen molar-refractivity contribution in [3.8, 4) is 0 Å². The zero-order valence-electron chi connectivity index (χ0n) is 9.13. The SMILES string of the molecule is O=C(Cc1cccs1)NCC(O)c1cccs1. The first kappa shape index (κ1) is 12.3. The average Bonchev–Trinajstić information content (AvgIpc) is 2.97. The fraction of sp³-hybridized carbons (Fsp3) is 0.250. The molecule has 0 aromatic carbocycles. The fourth-order valence-corrected chi connectivity index (χ4v) is 2.84. The number of hydrogen-bond acceptors (Lipinski definition) is 4. The van der Waals surface area contributed by atoms with E-state index >= 15 is 0 Å². The molecule has 0 fully saturated rings. The normalized spacial score (nSPS) is 12.3. The van der Waals surface area contributed by atoms with Crippen molar-refractivity contribution in [3.05, 3.63) is 44.8 Å². The molecule has 1 atom stereocenters. The molecule has 2 rings (SSSR count). The number of amides is 1. The second-order valence-electron chi connectivity index (χ2n) is 3.59. The van der Waals surface area contributed by atoms with E-state index in [1.807, 2.05) is 35.0 Å². The lowest BCUT2D eigenvalue weighted by molar-refractivity contribution is -0.120. The number of rotatable bonds is 5. The molecule has 2 heterocycles. The highest BCUT2D eigenvalue weighted by atomic mass is 32.1. The van der Waals surface area contributed by atoms with Gasteiger partial charge in [-0.2, -0.15) is 0 Å². The van der Waals surface area contributed by atoms with Gasteiger partial charge in [0.25, 0.3) is 0 Å². The van der Waals surface area contributed by atoms with Crippen molar-refractivity contribution in [2.24, 2.45) is 0 Å². The van der Waals surface area contributed by atoms with Crippen LogP contribution in [0.2, 0.25) is 0 Å². The minimum atomic E-state index is -0.609. The third-order valence-electron chi connectivity index (χ3n) is 2.28. The molecule has 5 heteroatoms. The van der Waals surface area contributed by atoms with Crippen LogP contribution in [0, 0.1) is 0 Å². The third-order valence-corrected chi connectivity index (χ3v) is 4.13. The largest absolute Gasteiger partial charge is 0.386 e. The summed E-state index contributed by atoms with van der Waals surface area (Å²) in [5.74, 6) is -0.0527. The van der Waals surface area contributed by atoms with Gasteiger partial charge in [-0.25, -0.2) is 0 Å². The molecule has 0 aliphatic carbocycles. The molecule has 0 radical (unpaired) electrons. The van der Waals surface area contributed by atoms with Gasteiger partial charge < -0.3 is 10.4 Å². The first-order valence-electron chi connectivity index (χ1n) is 5.26. The van der Waals surface area contributed by atoms with E-state index in [4.69, 9.17) is 0 Å². The van der Waals surface area contributed by atoms with Crippen molar-refractivity contribution < 1.29 is 9.90 Å². The summed E-state index contributed by atoms with van der Waals surface area (Å²) in [6.45, 7) is 0.269. The van der Waals surface area contributed by atoms with Gasteiger partial charge in [-0.15, -0.1) is 22.7 Å². The molecule has 0 aliphatic rings. The molecular weight excluding hydrogens is 254 g/mol. The predicted octanol–water partition coefficient (Wildman–Crippen LogP) is 2.20. The lowest BCUT2D eigenvalue weighted by Crippen LogP contribution is -2.29. The maximum atomic E-state index is 11.6. The molecule has 0 spiro atoms. The monoisotopic (exact) mass is 267 g/mol. The Kier molecular flexibility index (Phi) is 4.30. The summed E-state index contributed by atoms with van der Waals surface area (Å²) in [5.41, 5.74) is 0. The quantitative estimate of drug-likeness (QED) is 0.872. The number of aliphatic hydroxyl groups excluding tert-OH is 1. The van der Waals surface area contributed by atoms with E-state index < -0.39 is 6.10 Å². The van der Waals surface area contributed by atoms with Crippen LogP contribution in [0.15, 0.2) is 35.0 Å². The Labute approximate surface area is 108 Å². The Morgan fingerprint density at radius 3 is 2.71 bits per heavy atom. The van der Waals surface area contributed by atoms with Crippen LogP contribution in [0.4, 0.5) is 0 Å². The highest BCUT2D eigenvalue weighted by Gasteiger charge is 2.10. The molecule has 1 unspecified atom stereocenters. The van der Waals surface area contributed by atoms with Crippen molar-refractivity contribution in [1.29, 1.82) is 0 Å². The molecule has 0 saturated carbocycles. The zero-order chi connectivity index (χ0) is 12.1. The summed E-state index contributed by atoms with van der Waals surface area (Å²) in [7, 11) is 0. The molecule has 3 nitrogen and oxygen atoms in total. The number of nitrogens with one attached hydrogen (secondary N) is 1. The molecule has 2 aromatic rings. The molecule has 0 bridgehead atoms. The number of aliphatic hydroxyl groups is 1. The number of carbonyl (C=O) groups excluding carboxylic acids is 1. The van der Waals surface area contributed by atoms with E-state index in [0.717, 1.165) is 9.75 Å². The standard InChI is InChI=1S/C12H13NO2S2/c14-10(11-4-2-6-17-11)8-13-12(15)7-9-3-1-5-16-9/h1-6,10,14H,7-8H2,(H,13,15). The van der Waals surface area contributed by atoms with Crippen molar-refractivity contribution in [1.82, 2.24) is 5.32 Å². The molecule has 0 aliphatic heterocycles. The van der Waals surface area contributed by atoms with Crippen molar-refractivity contribution in [2.45, 2.75) is 12.5 Å². The number of hydrogen-bond donors (Lipinski definition) is 2. The highest BCUT2D eigenvalue weighted by molar-refractivity contribution is 7.10. The third kappa shape index (κ3) is 3.66. The van der Waals surface area contributed by atoms with E-state index in [9.17, 15) is 9.90 Å². The van der Waals surface area contributed by atoms with Crippen molar-refractivity contribution >= 4 is 28.6 Å². The molecule has 0 saturated heterocycles. The van der Waals surface area contributed by atoms with Gasteiger partial charge in [-0.05, 0) is 22.9 Å². The van der Waals surface area contributed by atoms with Gasteiger partial charge in [-0.3, -0.25) is 4.79 Å². The van der Waals surface area contributed by atoms with Gasteiger partial charge in [0.05, 0.1) is 6.42 Å². The van der Waals surface area contributed by atoms with Crippen LogP contribution in [-0.2, 0) is 11.2 Å². The van der Waals surface area contributed by atoms with Crippen molar-refractivity contribution in [3.63, 3.8) is 0 Å². The smallest absolute Gasteiger partial charge is 0.225 e. The lowest BCUT2D eigenvalue weighted by Gasteiger charge is -2.09. The first-order valence-corrected chi connectivity index (χ1v) is 7.02. The lowest BCUT2D eigenvalue weighted by atomic mass is 10.2. The maximum Gasteiger partial charge on any atom is 0.225 e. The van der Waals surface area contributed by atoms with Gasteiger partial charge in [0.2, 0.25) is 5.91 Å². The predicted molar refractivity (Wildman–Crippen MR) is 70.3 cm³/mol. The van der Waals surface area contributed by atoms with Gasteiger partial charge in [0.1, 0.15) is 6.10 Å². The summed E-state index contributed by atoms with van der Waals surface area (Å²) in [6.07, 6.45) is -0.225. The molecule has 2 aromatic heterocycles. The van der Waals surface area contributed by atoms with Crippen LogP contribution in [0.1, 0.15) is 15.9 Å². The molecule has 2 N–H and O–H groups in total. The van der Waals surface area contributed by atoms with Gasteiger partial charge in [-0.1, -0.05) is 12.1 Å². The topological polar surface area (TPSA) is 49.3 Å². The first-order chi connectivity index (χ1) is 8.25. The Hall–Kier alpha value is -1.17. The fourth-order valence-electron chi connectivity index (χ4n) is 1.43. The van der Waals surface area contributed by atoms with Crippen LogP contribution >= 0.6 is 22.7 Å². The van der Waals surface area contributed by atoms with Gasteiger partial charge in [0.15, 0.2) is 0 Å². The molecule has 90 valence electrons. The minimum Gasteiger partial charge on any atom is -0.386 e. The Balaban J connectivity index is 1.76. The molecule has 17 heavy (non-hydrogen) atoms. The van der Waals surface area contributed by atoms with E-state index in [-0.39, 0.29) is 12.5 Å².